The maximum Gasteiger partial charge on any atom is 0.186 e. The molecule has 4 heteroatoms. The standard InChI is InChI=1S/C18H19NO3/c1-19-11-14(9-13-5-3-2-4-6-13)18(21)16-10-15(22-12-20)7-8-17(16)19/h2-8,10,14,20H,9,11-12H2,1H3. The van der Waals surface area contributed by atoms with Crippen LogP contribution >= 0.6 is 0 Å². The minimum absolute atomic E-state index is 0.0655. The summed E-state index contributed by atoms with van der Waals surface area (Å²) in [6, 6.07) is 15.4. The molecule has 2 aromatic carbocycles. The zero-order valence-electron chi connectivity index (χ0n) is 12.5. The SMILES string of the molecule is CN1CC(Cc2ccccc2)C(=O)c2cc(OCO)ccc21. The Hall–Kier alpha value is -2.33. The number of hydrogen-bond donors (Lipinski definition) is 1. The number of carbonyl (C=O) groups is 1. The molecule has 1 atom stereocenters. The van der Waals surface area contributed by atoms with Crippen LogP contribution in [-0.4, -0.2) is 31.3 Å². The van der Waals surface area contributed by atoms with E-state index in [-0.39, 0.29) is 11.7 Å². The molecule has 0 radical (unpaired) electrons. The quantitative estimate of drug-likeness (QED) is 0.881. The predicted molar refractivity (Wildman–Crippen MR) is 85.4 cm³/mol. The van der Waals surface area contributed by atoms with Crippen molar-refractivity contribution in [3.63, 3.8) is 0 Å². The summed E-state index contributed by atoms with van der Waals surface area (Å²) < 4.78 is 5.09. The van der Waals surface area contributed by atoms with Crippen LogP contribution in [-0.2, 0) is 6.42 Å². The van der Waals surface area contributed by atoms with E-state index in [1.54, 1.807) is 12.1 Å². The highest BCUT2D eigenvalue weighted by Crippen LogP contribution is 2.33. The van der Waals surface area contributed by atoms with Gasteiger partial charge in [-0.05, 0) is 30.2 Å². The van der Waals surface area contributed by atoms with Crippen LogP contribution in [0.2, 0.25) is 0 Å². The van der Waals surface area contributed by atoms with E-state index in [4.69, 9.17) is 9.84 Å². The molecule has 0 amide bonds. The summed E-state index contributed by atoms with van der Waals surface area (Å²) in [6.45, 7) is 0.317. The van der Waals surface area contributed by atoms with Gasteiger partial charge in [-0.25, -0.2) is 0 Å². The van der Waals surface area contributed by atoms with Gasteiger partial charge in [0.1, 0.15) is 5.75 Å². The maximum atomic E-state index is 12.8. The summed E-state index contributed by atoms with van der Waals surface area (Å²) in [5, 5.41) is 8.87. The van der Waals surface area contributed by atoms with Crippen molar-refractivity contribution in [2.45, 2.75) is 6.42 Å². The van der Waals surface area contributed by atoms with Crippen molar-refractivity contribution in [2.24, 2.45) is 5.92 Å². The number of aliphatic hydroxyl groups is 1. The second-order valence-electron chi connectivity index (χ2n) is 5.58. The van der Waals surface area contributed by atoms with Gasteiger partial charge in [0.2, 0.25) is 0 Å². The van der Waals surface area contributed by atoms with Crippen molar-refractivity contribution in [1.29, 1.82) is 0 Å². The number of ether oxygens (including phenoxy) is 1. The van der Waals surface area contributed by atoms with Crippen molar-refractivity contribution in [2.75, 3.05) is 25.3 Å². The van der Waals surface area contributed by atoms with E-state index in [0.717, 1.165) is 12.1 Å². The molecule has 1 N–H and O–H groups in total. The number of nitrogens with zero attached hydrogens (tertiary/aromatic N) is 1. The normalized spacial score (nSPS) is 17.3. The molecule has 22 heavy (non-hydrogen) atoms. The monoisotopic (exact) mass is 297 g/mol. The van der Waals surface area contributed by atoms with Crippen LogP contribution in [0.4, 0.5) is 5.69 Å². The van der Waals surface area contributed by atoms with Crippen LogP contribution in [0.1, 0.15) is 15.9 Å². The first-order valence-electron chi connectivity index (χ1n) is 7.36. The van der Waals surface area contributed by atoms with Crippen molar-refractivity contribution < 1.29 is 14.6 Å². The third-order valence-electron chi connectivity index (χ3n) is 4.07. The lowest BCUT2D eigenvalue weighted by Crippen LogP contribution is -2.37. The van der Waals surface area contributed by atoms with Crippen LogP contribution in [0, 0.1) is 5.92 Å². The summed E-state index contributed by atoms with van der Waals surface area (Å²) in [5.41, 5.74) is 2.75. The average molecular weight is 297 g/mol. The zero-order chi connectivity index (χ0) is 15.5. The fourth-order valence-electron chi connectivity index (χ4n) is 3.00. The summed E-state index contributed by atoms with van der Waals surface area (Å²) in [7, 11) is 2.00. The molecule has 0 aliphatic carbocycles. The van der Waals surface area contributed by atoms with Crippen molar-refractivity contribution in [3.8, 4) is 5.75 Å². The Morgan fingerprint density at radius 1 is 1.23 bits per heavy atom. The first-order chi connectivity index (χ1) is 10.7. The van der Waals surface area contributed by atoms with Gasteiger partial charge in [0.25, 0.3) is 0 Å². The van der Waals surface area contributed by atoms with Gasteiger partial charge in [-0.2, -0.15) is 0 Å². The number of anilines is 1. The van der Waals surface area contributed by atoms with Gasteiger partial charge in [0.15, 0.2) is 12.6 Å². The molecule has 0 bridgehead atoms. The molecule has 0 saturated heterocycles. The van der Waals surface area contributed by atoms with Crippen LogP contribution in [0.15, 0.2) is 48.5 Å². The van der Waals surface area contributed by atoms with Crippen molar-refractivity contribution in [1.82, 2.24) is 0 Å². The Morgan fingerprint density at radius 3 is 2.73 bits per heavy atom. The molecule has 1 aliphatic heterocycles. The van der Waals surface area contributed by atoms with E-state index in [2.05, 4.69) is 4.90 Å². The van der Waals surface area contributed by atoms with Gasteiger partial charge in [0.05, 0.1) is 0 Å². The molecule has 1 aliphatic rings. The Morgan fingerprint density at radius 2 is 2.00 bits per heavy atom. The number of fused-ring (bicyclic) bond motifs is 1. The van der Waals surface area contributed by atoms with Gasteiger partial charge in [-0.3, -0.25) is 4.79 Å². The number of ketones is 1. The molecular weight excluding hydrogens is 278 g/mol. The lowest BCUT2D eigenvalue weighted by atomic mass is 9.86. The second-order valence-corrected chi connectivity index (χ2v) is 5.58. The summed E-state index contributed by atoms with van der Waals surface area (Å²) in [4.78, 5) is 14.9. The van der Waals surface area contributed by atoms with Crippen molar-refractivity contribution in [3.05, 3.63) is 59.7 Å². The summed E-state index contributed by atoms with van der Waals surface area (Å²) in [5.74, 6) is 0.591. The minimum Gasteiger partial charge on any atom is -0.468 e. The lowest BCUT2D eigenvalue weighted by Gasteiger charge is -2.32. The molecule has 1 unspecified atom stereocenters. The Labute approximate surface area is 130 Å². The molecule has 3 rings (SSSR count). The molecule has 0 fully saturated rings. The van der Waals surface area contributed by atoms with E-state index in [1.807, 2.05) is 43.4 Å². The first kappa shape index (κ1) is 14.6. The van der Waals surface area contributed by atoms with Gasteiger partial charge >= 0.3 is 0 Å². The Bertz CT molecular complexity index is 669. The molecule has 0 saturated carbocycles. The Kier molecular flexibility index (Phi) is 4.11. The van der Waals surface area contributed by atoms with Crippen LogP contribution in [0.25, 0.3) is 0 Å². The highest BCUT2D eigenvalue weighted by atomic mass is 16.6. The third kappa shape index (κ3) is 2.83. The fourth-order valence-corrected chi connectivity index (χ4v) is 3.00. The van der Waals surface area contributed by atoms with Gasteiger partial charge in [-0.15, -0.1) is 0 Å². The van der Waals surface area contributed by atoms with E-state index in [0.29, 0.717) is 17.9 Å². The predicted octanol–water partition coefficient (Wildman–Crippen LogP) is 2.51. The fraction of sp³-hybridized carbons (Fsp3) is 0.278. The number of aliphatic hydroxyl groups excluding tert-OH is 1. The summed E-state index contributed by atoms with van der Waals surface area (Å²) >= 11 is 0. The number of rotatable bonds is 4. The van der Waals surface area contributed by atoms with Crippen LogP contribution in [0.5, 0.6) is 5.75 Å². The molecule has 0 aromatic heterocycles. The number of benzene rings is 2. The van der Waals surface area contributed by atoms with E-state index in [9.17, 15) is 4.79 Å². The molecule has 0 spiro atoms. The van der Waals surface area contributed by atoms with E-state index >= 15 is 0 Å². The number of Topliss-reactive ketones (excluding diaryl/α,β-unsaturated/α-hetero) is 1. The van der Waals surface area contributed by atoms with Gasteiger partial charge in [0, 0.05) is 30.8 Å². The Balaban J connectivity index is 1.88. The highest BCUT2D eigenvalue weighted by Gasteiger charge is 2.30. The number of hydrogen-bond acceptors (Lipinski definition) is 4. The van der Waals surface area contributed by atoms with Gasteiger partial charge < -0.3 is 14.7 Å². The third-order valence-corrected chi connectivity index (χ3v) is 4.07. The molecule has 1 heterocycles. The molecule has 4 nitrogen and oxygen atoms in total. The number of carbonyl (C=O) groups excluding carboxylic acids is 1. The maximum absolute atomic E-state index is 12.8. The lowest BCUT2D eigenvalue weighted by molar-refractivity contribution is 0.0905. The summed E-state index contributed by atoms with van der Waals surface area (Å²) in [6.07, 6.45) is 0.731. The smallest absolute Gasteiger partial charge is 0.186 e. The molecular formula is C18H19NO3. The van der Waals surface area contributed by atoms with Gasteiger partial charge in [-0.1, -0.05) is 30.3 Å². The minimum atomic E-state index is -0.393. The molecule has 114 valence electrons. The molecule has 2 aromatic rings. The van der Waals surface area contributed by atoms with Crippen LogP contribution < -0.4 is 9.64 Å². The topological polar surface area (TPSA) is 49.8 Å². The zero-order valence-corrected chi connectivity index (χ0v) is 12.5. The average Bonchev–Trinajstić information content (AvgIpc) is 2.53. The largest absolute Gasteiger partial charge is 0.468 e. The first-order valence-corrected chi connectivity index (χ1v) is 7.36. The van der Waals surface area contributed by atoms with Crippen molar-refractivity contribution >= 4 is 11.5 Å². The van der Waals surface area contributed by atoms with E-state index in [1.165, 1.54) is 5.56 Å². The van der Waals surface area contributed by atoms with Crippen LogP contribution in [0.3, 0.4) is 0 Å². The highest BCUT2D eigenvalue weighted by molar-refractivity contribution is 6.05. The second kappa shape index (κ2) is 6.20. The van der Waals surface area contributed by atoms with E-state index < -0.39 is 6.79 Å².